The van der Waals surface area contributed by atoms with Gasteiger partial charge in [0.25, 0.3) is 6.02 Å². The van der Waals surface area contributed by atoms with E-state index in [0.717, 1.165) is 5.56 Å². The van der Waals surface area contributed by atoms with Gasteiger partial charge in [0.05, 0.1) is 13.2 Å². The maximum atomic E-state index is 11.5. The van der Waals surface area contributed by atoms with Gasteiger partial charge in [-0.05, 0) is 11.0 Å². The minimum Gasteiger partial charge on any atom is -0.460 e. The number of carbonyl (C=O) groups excluding carboxylic acids is 1. The maximum Gasteiger partial charge on any atom is 0.285 e. The Morgan fingerprint density at radius 3 is 1.97 bits per heavy atom. The summed E-state index contributed by atoms with van der Waals surface area (Å²) in [7, 11) is 3.19. The standard InChI is InChI=1S/C14H21N3O3.C5H12.C3H8.C2H6/c1-15-14(17-10-13(18)16-8-9-19-2)20-11-12-6-4-3-5-7-12;1-5(2,3)4;1-3-2;1-2/h3-7H,8-11H2,1-2H3,(H,15,17)(H,16,18);1-4H3;3H2,1-2H3;1-2H3. The van der Waals surface area contributed by atoms with Crippen molar-refractivity contribution in [3.05, 3.63) is 35.9 Å². The first-order valence-corrected chi connectivity index (χ1v) is 10.8. The van der Waals surface area contributed by atoms with Crippen LogP contribution in [-0.4, -0.2) is 45.8 Å². The molecule has 6 heteroatoms. The van der Waals surface area contributed by atoms with E-state index in [1.54, 1.807) is 14.2 Å². The Kier molecular flexibility index (Phi) is 25.2. The number of carbonyl (C=O) groups is 1. The molecule has 0 saturated heterocycles. The first-order valence-electron chi connectivity index (χ1n) is 10.8. The van der Waals surface area contributed by atoms with E-state index in [0.29, 0.717) is 31.2 Å². The van der Waals surface area contributed by atoms with Crippen LogP contribution in [0.3, 0.4) is 0 Å². The van der Waals surface area contributed by atoms with Gasteiger partial charge < -0.3 is 20.1 Å². The minimum absolute atomic E-state index is 0.116. The second kappa shape index (κ2) is 23.2. The zero-order valence-corrected chi connectivity index (χ0v) is 21.1. The lowest BCUT2D eigenvalue weighted by atomic mass is 10.0. The Balaban J connectivity index is -0.000000613. The molecular formula is C24H47N3O3. The van der Waals surface area contributed by atoms with E-state index in [4.69, 9.17) is 9.47 Å². The van der Waals surface area contributed by atoms with Gasteiger partial charge in [-0.15, -0.1) is 0 Å². The van der Waals surface area contributed by atoms with Crippen LogP contribution in [0.25, 0.3) is 0 Å². The van der Waals surface area contributed by atoms with Crippen LogP contribution >= 0.6 is 0 Å². The summed E-state index contributed by atoms with van der Waals surface area (Å²) in [4.78, 5) is 15.4. The highest BCUT2D eigenvalue weighted by Gasteiger charge is 2.04. The zero-order valence-electron chi connectivity index (χ0n) is 21.1. The summed E-state index contributed by atoms with van der Waals surface area (Å²) in [5.41, 5.74) is 1.54. The molecule has 0 radical (unpaired) electrons. The normalized spacial score (nSPS) is 10.1. The number of hydrogen-bond donors (Lipinski definition) is 2. The second-order valence-electron chi connectivity index (χ2n) is 7.71. The summed E-state index contributed by atoms with van der Waals surface area (Å²) in [6.45, 7) is 18.5. The van der Waals surface area contributed by atoms with Crippen molar-refractivity contribution >= 4 is 11.9 Å². The first-order chi connectivity index (χ1) is 14.2. The van der Waals surface area contributed by atoms with Crippen LogP contribution in [0.2, 0.25) is 0 Å². The molecule has 0 aliphatic heterocycles. The van der Waals surface area contributed by atoms with Crippen LogP contribution in [0, 0.1) is 5.41 Å². The van der Waals surface area contributed by atoms with Gasteiger partial charge in [0, 0.05) is 20.7 Å². The van der Waals surface area contributed by atoms with Crippen molar-refractivity contribution in [1.82, 2.24) is 10.6 Å². The highest BCUT2D eigenvalue weighted by Crippen LogP contribution is 2.08. The summed E-state index contributed by atoms with van der Waals surface area (Å²) >= 11 is 0. The summed E-state index contributed by atoms with van der Waals surface area (Å²) < 4.78 is 10.3. The van der Waals surface area contributed by atoms with Crippen molar-refractivity contribution < 1.29 is 14.3 Å². The summed E-state index contributed by atoms with van der Waals surface area (Å²) in [6, 6.07) is 10.1. The fraction of sp³-hybridized carbons (Fsp3) is 0.667. The average molecular weight is 426 g/mol. The molecule has 1 aromatic carbocycles. The Morgan fingerprint density at radius 2 is 1.53 bits per heavy atom. The maximum absolute atomic E-state index is 11.5. The molecule has 176 valence electrons. The highest BCUT2D eigenvalue weighted by atomic mass is 16.5. The third-order valence-electron chi connectivity index (χ3n) is 2.45. The van der Waals surface area contributed by atoms with Gasteiger partial charge in [-0.1, -0.05) is 92.1 Å². The molecule has 0 atom stereocenters. The molecule has 1 aromatic rings. The van der Waals surface area contributed by atoms with Crippen molar-refractivity contribution in [1.29, 1.82) is 0 Å². The largest absolute Gasteiger partial charge is 0.460 e. The topological polar surface area (TPSA) is 72.0 Å². The lowest BCUT2D eigenvalue weighted by Crippen LogP contribution is -2.38. The molecular weight excluding hydrogens is 378 g/mol. The van der Waals surface area contributed by atoms with Gasteiger partial charge in [-0.3, -0.25) is 4.79 Å². The fourth-order valence-electron chi connectivity index (χ4n) is 1.43. The molecule has 0 fully saturated rings. The molecule has 0 bridgehead atoms. The van der Waals surface area contributed by atoms with Crippen molar-refractivity contribution in [3.8, 4) is 0 Å². The number of benzene rings is 1. The van der Waals surface area contributed by atoms with Crippen LogP contribution in [-0.2, 0) is 20.9 Å². The molecule has 0 aliphatic carbocycles. The van der Waals surface area contributed by atoms with E-state index in [2.05, 4.69) is 57.2 Å². The number of methoxy groups -OCH3 is 1. The number of ether oxygens (including phenoxy) is 2. The summed E-state index contributed by atoms with van der Waals surface area (Å²) in [5.74, 6) is -0.133. The number of amides is 1. The lowest BCUT2D eigenvalue weighted by molar-refractivity contribution is -0.120. The third kappa shape index (κ3) is 30.6. The van der Waals surface area contributed by atoms with Gasteiger partial charge in [0.15, 0.2) is 0 Å². The van der Waals surface area contributed by atoms with Gasteiger partial charge >= 0.3 is 0 Å². The fourth-order valence-corrected chi connectivity index (χ4v) is 1.43. The van der Waals surface area contributed by atoms with Crippen LogP contribution in [0.15, 0.2) is 35.3 Å². The summed E-state index contributed by atoms with van der Waals surface area (Å²) in [6.07, 6.45) is 1.25. The molecule has 6 nitrogen and oxygen atoms in total. The van der Waals surface area contributed by atoms with Crippen LogP contribution in [0.4, 0.5) is 0 Å². The number of rotatable bonds is 7. The third-order valence-corrected chi connectivity index (χ3v) is 2.45. The molecule has 1 amide bonds. The number of amidine groups is 1. The minimum atomic E-state index is -0.133. The van der Waals surface area contributed by atoms with Crippen molar-refractivity contribution in [3.63, 3.8) is 0 Å². The zero-order chi connectivity index (χ0) is 23.8. The quantitative estimate of drug-likeness (QED) is 0.365. The smallest absolute Gasteiger partial charge is 0.285 e. The van der Waals surface area contributed by atoms with E-state index in [1.807, 2.05) is 44.2 Å². The van der Waals surface area contributed by atoms with Crippen LogP contribution in [0.5, 0.6) is 0 Å². The number of nitrogens with one attached hydrogen (secondary N) is 2. The summed E-state index contributed by atoms with van der Waals surface area (Å²) in [5, 5.41) is 5.54. The SMILES string of the molecule is CC.CC(C)(C)C.CCC.CN=C(NCC(=O)NCCOC)OCc1ccccc1. The van der Waals surface area contributed by atoms with Crippen molar-refractivity contribution in [2.24, 2.45) is 10.4 Å². The molecule has 2 N–H and O–H groups in total. The average Bonchev–Trinajstić information content (AvgIpc) is 2.70. The van der Waals surface area contributed by atoms with E-state index in [9.17, 15) is 4.79 Å². The Bertz CT molecular complexity index is 506. The highest BCUT2D eigenvalue weighted by molar-refractivity contribution is 5.83. The Labute approximate surface area is 185 Å². The van der Waals surface area contributed by atoms with Gasteiger partial charge in [-0.25, -0.2) is 4.99 Å². The van der Waals surface area contributed by atoms with Crippen LogP contribution < -0.4 is 10.6 Å². The second-order valence-corrected chi connectivity index (χ2v) is 7.71. The van der Waals surface area contributed by atoms with Gasteiger partial charge in [-0.2, -0.15) is 0 Å². The number of hydrogen-bond acceptors (Lipinski definition) is 4. The molecule has 30 heavy (non-hydrogen) atoms. The molecule has 0 spiro atoms. The predicted octanol–water partition coefficient (Wildman–Crippen LogP) is 5.04. The van der Waals surface area contributed by atoms with E-state index in [1.165, 1.54) is 6.42 Å². The van der Waals surface area contributed by atoms with E-state index in [-0.39, 0.29) is 12.5 Å². The molecule has 0 unspecified atom stereocenters. The molecule has 0 aromatic heterocycles. The number of aliphatic imine (C=N–C) groups is 1. The van der Waals surface area contributed by atoms with Crippen LogP contribution in [0.1, 0.15) is 67.4 Å². The first kappa shape index (κ1) is 32.6. The van der Waals surface area contributed by atoms with E-state index < -0.39 is 0 Å². The molecule has 0 saturated carbocycles. The van der Waals surface area contributed by atoms with Crippen molar-refractivity contribution in [2.45, 2.75) is 68.4 Å². The predicted molar refractivity (Wildman–Crippen MR) is 130 cm³/mol. The van der Waals surface area contributed by atoms with E-state index >= 15 is 0 Å². The Hall–Kier alpha value is -2.08. The monoisotopic (exact) mass is 425 g/mol. The molecule has 1 rings (SSSR count). The lowest BCUT2D eigenvalue weighted by Gasteiger charge is -2.11. The molecule has 0 aliphatic rings. The molecule has 0 heterocycles. The number of nitrogens with zero attached hydrogens (tertiary/aromatic N) is 1. The Morgan fingerprint density at radius 1 is 1.03 bits per heavy atom. The van der Waals surface area contributed by atoms with Gasteiger partial charge in [0.2, 0.25) is 5.91 Å². The van der Waals surface area contributed by atoms with Gasteiger partial charge in [0.1, 0.15) is 6.61 Å². The van der Waals surface area contributed by atoms with Crippen molar-refractivity contribution in [2.75, 3.05) is 33.9 Å².